The van der Waals surface area contributed by atoms with Gasteiger partial charge in [0.25, 0.3) is 0 Å². The van der Waals surface area contributed by atoms with Crippen LogP contribution in [-0.2, 0) is 4.43 Å². The fraction of sp³-hybridized carbons (Fsp3) is 1.00. The minimum absolute atomic E-state index is 0.475. The van der Waals surface area contributed by atoms with E-state index in [1.165, 1.54) is 32.1 Å². The summed E-state index contributed by atoms with van der Waals surface area (Å²) in [5, 5.41) is 0. The molecule has 0 saturated carbocycles. The predicted octanol–water partition coefficient (Wildman–Crippen LogP) is 4.20. The van der Waals surface area contributed by atoms with Crippen LogP contribution in [0.15, 0.2) is 0 Å². The molecule has 0 aliphatic rings. The Bertz CT molecular complexity index is 118. The average Bonchev–Trinajstić information content (AvgIpc) is 1.94. The summed E-state index contributed by atoms with van der Waals surface area (Å²) in [6.45, 7) is 11.2. The van der Waals surface area contributed by atoms with Gasteiger partial charge in [0, 0.05) is 6.10 Å². The summed E-state index contributed by atoms with van der Waals surface area (Å²) >= 11 is 0. The molecule has 1 atom stereocenters. The molecule has 0 spiro atoms. The third-order valence-electron chi connectivity index (χ3n) is 2.02. The summed E-state index contributed by atoms with van der Waals surface area (Å²) in [7, 11) is -1.29. The van der Waals surface area contributed by atoms with Crippen LogP contribution in [0.2, 0.25) is 19.6 Å². The lowest BCUT2D eigenvalue weighted by Crippen LogP contribution is -2.30. The normalized spacial score (nSPS) is 14.5. The lowest BCUT2D eigenvalue weighted by Gasteiger charge is -2.23. The van der Waals surface area contributed by atoms with Crippen molar-refractivity contribution in [1.29, 1.82) is 0 Å². The smallest absolute Gasteiger partial charge is 0.184 e. The highest BCUT2D eigenvalue weighted by atomic mass is 28.4. The van der Waals surface area contributed by atoms with Crippen molar-refractivity contribution in [2.24, 2.45) is 0 Å². The van der Waals surface area contributed by atoms with Crippen LogP contribution in [0, 0.1) is 0 Å². The molecule has 0 aliphatic carbocycles. The van der Waals surface area contributed by atoms with Gasteiger partial charge in [-0.2, -0.15) is 0 Å². The molecule has 0 amide bonds. The van der Waals surface area contributed by atoms with Crippen molar-refractivity contribution in [3.05, 3.63) is 0 Å². The molecule has 0 heterocycles. The average molecular weight is 202 g/mol. The van der Waals surface area contributed by atoms with Gasteiger partial charge in [0.15, 0.2) is 8.32 Å². The van der Waals surface area contributed by atoms with E-state index in [9.17, 15) is 0 Å². The molecule has 0 saturated heterocycles. The molecule has 80 valence electrons. The van der Waals surface area contributed by atoms with Gasteiger partial charge < -0.3 is 4.43 Å². The molecule has 0 fully saturated rings. The summed E-state index contributed by atoms with van der Waals surface area (Å²) in [6, 6.07) is 0. The Kier molecular flexibility index (Phi) is 6.69. The molecule has 13 heavy (non-hydrogen) atoms. The molecule has 0 bridgehead atoms. The molecular weight excluding hydrogens is 176 g/mol. The van der Waals surface area contributed by atoms with Crippen LogP contribution in [0.3, 0.4) is 0 Å². The number of hydrogen-bond acceptors (Lipinski definition) is 1. The molecule has 0 aromatic carbocycles. The van der Waals surface area contributed by atoms with Crippen LogP contribution in [0.5, 0.6) is 0 Å². The molecule has 0 N–H and O–H groups in total. The van der Waals surface area contributed by atoms with Crippen molar-refractivity contribution in [1.82, 2.24) is 0 Å². The first-order chi connectivity index (χ1) is 5.95. The maximum Gasteiger partial charge on any atom is 0.184 e. The molecule has 0 aromatic rings. The molecule has 0 aliphatic heterocycles. The lowest BCUT2D eigenvalue weighted by atomic mass is 10.1. The summed E-state index contributed by atoms with van der Waals surface area (Å²) in [5.41, 5.74) is 0. The highest BCUT2D eigenvalue weighted by Gasteiger charge is 2.17. The summed E-state index contributed by atoms with van der Waals surface area (Å²) in [5.74, 6) is 0. The van der Waals surface area contributed by atoms with E-state index in [1.807, 2.05) is 0 Å². The minimum atomic E-state index is -1.29. The Morgan fingerprint density at radius 1 is 1.08 bits per heavy atom. The molecule has 0 rings (SSSR count). The monoisotopic (exact) mass is 202 g/mol. The third kappa shape index (κ3) is 10.1. The van der Waals surface area contributed by atoms with Crippen LogP contribution in [0.1, 0.15) is 46.0 Å². The fourth-order valence-corrected chi connectivity index (χ4v) is 2.85. The Hall–Kier alpha value is 0.177. The Morgan fingerprint density at radius 2 is 1.69 bits per heavy atom. The van der Waals surface area contributed by atoms with Crippen molar-refractivity contribution in [2.75, 3.05) is 0 Å². The van der Waals surface area contributed by atoms with Crippen LogP contribution in [-0.4, -0.2) is 14.4 Å². The predicted molar refractivity (Wildman–Crippen MR) is 62.7 cm³/mol. The number of hydrogen-bond donors (Lipinski definition) is 0. The zero-order chi connectivity index (χ0) is 10.3. The largest absolute Gasteiger partial charge is 0.415 e. The van der Waals surface area contributed by atoms with Gasteiger partial charge in [0.05, 0.1) is 0 Å². The number of rotatable bonds is 7. The first kappa shape index (κ1) is 13.2. The Morgan fingerprint density at radius 3 is 2.15 bits per heavy atom. The van der Waals surface area contributed by atoms with E-state index in [0.29, 0.717) is 6.10 Å². The second-order valence-corrected chi connectivity index (χ2v) is 9.35. The van der Waals surface area contributed by atoms with Gasteiger partial charge in [-0.1, -0.05) is 32.6 Å². The summed E-state index contributed by atoms with van der Waals surface area (Å²) < 4.78 is 5.96. The zero-order valence-corrected chi connectivity index (χ0v) is 11.0. The topological polar surface area (TPSA) is 9.23 Å². The van der Waals surface area contributed by atoms with Gasteiger partial charge in [-0.3, -0.25) is 0 Å². The maximum absolute atomic E-state index is 5.96. The van der Waals surface area contributed by atoms with E-state index in [1.54, 1.807) is 0 Å². The van der Waals surface area contributed by atoms with Crippen molar-refractivity contribution in [3.8, 4) is 0 Å². The quantitative estimate of drug-likeness (QED) is 0.444. The van der Waals surface area contributed by atoms with Crippen molar-refractivity contribution in [2.45, 2.75) is 71.7 Å². The maximum atomic E-state index is 5.96. The number of unbranched alkanes of at least 4 members (excludes halogenated alkanes) is 3. The highest BCUT2D eigenvalue weighted by molar-refractivity contribution is 6.69. The molecule has 1 nitrogen and oxygen atoms in total. The van der Waals surface area contributed by atoms with Crippen LogP contribution >= 0.6 is 0 Å². The zero-order valence-electron chi connectivity index (χ0n) is 10.0. The van der Waals surface area contributed by atoms with Gasteiger partial charge >= 0.3 is 0 Å². The highest BCUT2D eigenvalue weighted by Crippen LogP contribution is 2.13. The van der Waals surface area contributed by atoms with Crippen LogP contribution in [0.4, 0.5) is 0 Å². The summed E-state index contributed by atoms with van der Waals surface area (Å²) in [4.78, 5) is 0. The fourth-order valence-electron chi connectivity index (χ4n) is 1.52. The SMILES string of the molecule is CCCCCC[C@H](C)O[Si](C)(C)C. The Labute approximate surface area is 85.0 Å². The van der Waals surface area contributed by atoms with Crippen LogP contribution in [0.25, 0.3) is 0 Å². The van der Waals surface area contributed by atoms with E-state index in [4.69, 9.17) is 4.43 Å². The van der Waals surface area contributed by atoms with Gasteiger partial charge in [-0.25, -0.2) is 0 Å². The van der Waals surface area contributed by atoms with Crippen LogP contribution < -0.4 is 0 Å². The van der Waals surface area contributed by atoms with Gasteiger partial charge in [-0.05, 0) is 33.0 Å². The Balaban J connectivity index is 3.35. The molecule has 0 aromatic heterocycles. The van der Waals surface area contributed by atoms with Gasteiger partial charge in [0.1, 0.15) is 0 Å². The second kappa shape index (κ2) is 6.60. The standard InChI is InChI=1S/C11H26OSi/c1-6-7-8-9-10-11(2)12-13(3,4)5/h11H,6-10H2,1-5H3/t11-/m0/s1. The van der Waals surface area contributed by atoms with E-state index in [0.717, 1.165) is 0 Å². The first-order valence-corrected chi connectivity index (χ1v) is 9.04. The lowest BCUT2D eigenvalue weighted by molar-refractivity contribution is 0.199. The van der Waals surface area contributed by atoms with E-state index >= 15 is 0 Å². The third-order valence-corrected chi connectivity index (χ3v) is 3.13. The molecule has 0 radical (unpaired) electrons. The molecule has 2 heteroatoms. The summed E-state index contributed by atoms with van der Waals surface area (Å²) in [6.07, 6.45) is 7.12. The van der Waals surface area contributed by atoms with Crippen molar-refractivity contribution >= 4 is 8.32 Å². The van der Waals surface area contributed by atoms with E-state index in [2.05, 4.69) is 33.5 Å². The van der Waals surface area contributed by atoms with Gasteiger partial charge in [-0.15, -0.1) is 0 Å². The first-order valence-electron chi connectivity index (χ1n) is 5.63. The minimum Gasteiger partial charge on any atom is -0.415 e. The van der Waals surface area contributed by atoms with E-state index in [-0.39, 0.29) is 0 Å². The molecule has 0 unspecified atom stereocenters. The van der Waals surface area contributed by atoms with Crippen molar-refractivity contribution in [3.63, 3.8) is 0 Å². The van der Waals surface area contributed by atoms with Crippen molar-refractivity contribution < 1.29 is 4.43 Å². The molecular formula is C11H26OSi. The van der Waals surface area contributed by atoms with Gasteiger partial charge in [0.2, 0.25) is 0 Å². The second-order valence-electron chi connectivity index (χ2n) is 4.89. The van der Waals surface area contributed by atoms with E-state index < -0.39 is 8.32 Å².